The number of thiophene rings is 1. The zero-order valence-electron chi connectivity index (χ0n) is 14.1. The van der Waals surface area contributed by atoms with Crippen molar-refractivity contribution in [3.8, 4) is 10.7 Å². The van der Waals surface area contributed by atoms with E-state index >= 15 is 0 Å². The van der Waals surface area contributed by atoms with E-state index in [4.69, 9.17) is 11.6 Å². The molecular formula is C20H12ClN3OS2. The molecule has 0 saturated heterocycles. The Hall–Kier alpha value is -2.54. The average molecular weight is 410 g/mol. The Morgan fingerprint density at radius 2 is 1.85 bits per heavy atom. The number of hydrogen-bond acceptors (Lipinski definition) is 5. The second-order valence-corrected chi connectivity index (χ2v) is 8.64. The molecule has 0 aliphatic rings. The lowest BCUT2D eigenvalue weighted by atomic mass is 10.1. The minimum atomic E-state index is -0.161. The first-order valence-corrected chi connectivity index (χ1v) is 10.3. The van der Waals surface area contributed by atoms with E-state index in [0.29, 0.717) is 20.3 Å². The van der Waals surface area contributed by atoms with E-state index in [-0.39, 0.29) is 5.56 Å². The molecule has 5 rings (SSSR count). The van der Waals surface area contributed by atoms with Crippen molar-refractivity contribution in [2.24, 2.45) is 0 Å². The Morgan fingerprint density at radius 1 is 1.07 bits per heavy atom. The fourth-order valence-electron chi connectivity index (χ4n) is 2.90. The van der Waals surface area contributed by atoms with Gasteiger partial charge in [-0.1, -0.05) is 71.0 Å². The molecule has 0 fully saturated rings. The Kier molecular flexibility index (Phi) is 3.86. The lowest BCUT2D eigenvalue weighted by Crippen LogP contribution is -2.23. The number of fused-ring (bicyclic) bond motifs is 2. The van der Waals surface area contributed by atoms with Gasteiger partial charge < -0.3 is 0 Å². The van der Waals surface area contributed by atoms with Crippen LogP contribution < -0.4 is 10.1 Å². The van der Waals surface area contributed by atoms with E-state index in [9.17, 15) is 4.79 Å². The van der Waals surface area contributed by atoms with Crippen molar-refractivity contribution >= 4 is 55.4 Å². The molecule has 7 heteroatoms. The summed E-state index contributed by atoms with van der Waals surface area (Å²) >= 11 is 9.39. The topological polar surface area (TPSA) is 47.3 Å². The van der Waals surface area contributed by atoms with Crippen LogP contribution >= 0.6 is 34.3 Å². The Labute approximate surface area is 167 Å². The van der Waals surface area contributed by atoms with Crippen LogP contribution in [0.5, 0.6) is 0 Å². The summed E-state index contributed by atoms with van der Waals surface area (Å²) in [6.45, 7) is 2.03. The summed E-state index contributed by atoms with van der Waals surface area (Å²) in [5.74, 6) is 0.492. The van der Waals surface area contributed by atoms with Crippen molar-refractivity contribution in [1.29, 1.82) is 0 Å². The van der Waals surface area contributed by atoms with Crippen LogP contribution in [0.1, 0.15) is 11.1 Å². The SMILES string of the molecule is Cc1ccc(C=c2sc3nc(-c4sc5ccccc5c4Cl)nn3c2=O)cc1. The average Bonchev–Trinajstić information content (AvgIpc) is 3.31. The van der Waals surface area contributed by atoms with Gasteiger partial charge in [0.15, 0.2) is 5.82 Å². The van der Waals surface area contributed by atoms with Crippen LogP contribution in [0.3, 0.4) is 0 Å². The smallest absolute Gasteiger partial charge is 0.266 e. The highest BCUT2D eigenvalue weighted by atomic mass is 35.5. The van der Waals surface area contributed by atoms with Crippen molar-refractivity contribution in [3.63, 3.8) is 0 Å². The molecule has 3 aromatic heterocycles. The summed E-state index contributed by atoms with van der Waals surface area (Å²) in [6, 6.07) is 15.9. The normalized spacial score (nSPS) is 12.4. The number of aryl methyl sites for hydroxylation is 1. The fourth-order valence-corrected chi connectivity index (χ4v) is 5.25. The molecule has 2 aromatic carbocycles. The summed E-state index contributed by atoms with van der Waals surface area (Å²) in [6.07, 6.45) is 1.87. The maximum Gasteiger partial charge on any atom is 0.291 e. The number of hydrogen-bond donors (Lipinski definition) is 0. The van der Waals surface area contributed by atoms with Crippen LogP contribution in [0.4, 0.5) is 0 Å². The molecule has 0 bridgehead atoms. The van der Waals surface area contributed by atoms with E-state index in [0.717, 1.165) is 20.5 Å². The maximum atomic E-state index is 12.7. The van der Waals surface area contributed by atoms with Gasteiger partial charge in [0.05, 0.1) is 14.4 Å². The molecular weight excluding hydrogens is 398 g/mol. The van der Waals surface area contributed by atoms with Gasteiger partial charge in [-0.3, -0.25) is 4.79 Å². The monoisotopic (exact) mass is 409 g/mol. The first-order valence-electron chi connectivity index (χ1n) is 8.25. The highest BCUT2D eigenvalue weighted by molar-refractivity contribution is 7.23. The molecule has 132 valence electrons. The van der Waals surface area contributed by atoms with Crippen LogP contribution in [0, 0.1) is 6.92 Å². The van der Waals surface area contributed by atoms with Gasteiger partial charge in [0, 0.05) is 10.1 Å². The third-order valence-electron chi connectivity index (χ3n) is 4.29. The van der Waals surface area contributed by atoms with Crippen LogP contribution in [0.2, 0.25) is 5.02 Å². The number of halogens is 1. The van der Waals surface area contributed by atoms with Crippen LogP contribution in [-0.2, 0) is 0 Å². The summed E-state index contributed by atoms with van der Waals surface area (Å²) < 4.78 is 3.05. The zero-order chi connectivity index (χ0) is 18.5. The molecule has 5 aromatic rings. The summed E-state index contributed by atoms with van der Waals surface area (Å²) in [5.41, 5.74) is 2.00. The molecule has 27 heavy (non-hydrogen) atoms. The van der Waals surface area contributed by atoms with Crippen molar-refractivity contribution in [2.45, 2.75) is 6.92 Å². The number of benzene rings is 2. The van der Waals surface area contributed by atoms with E-state index in [2.05, 4.69) is 10.1 Å². The molecule has 0 aliphatic carbocycles. The molecule has 0 N–H and O–H groups in total. The lowest BCUT2D eigenvalue weighted by Gasteiger charge is -1.92. The zero-order valence-corrected chi connectivity index (χ0v) is 16.5. The van der Waals surface area contributed by atoms with Crippen LogP contribution in [0.25, 0.3) is 31.8 Å². The molecule has 0 spiro atoms. The lowest BCUT2D eigenvalue weighted by molar-refractivity contribution is 0.938. The molecule has 4 nitrogen and oxygen atoms in total. The van der Waals surface area contributed by atoms with Crippen molar-refractivity contribution in [1.82, 2.24) is 14.6 Å². The van der Waals surface area contributed by atoms with Gasteiger partial charge in [-0.25, -0.2) is 0 Å². The number of nitrogens with zero attached hydrogens (tertiary/aromatic N) is 3. The van der Waals surface area contributed by atoms with Gasteiger partial charge in [0.1, 0.15) is 0 Å². The first-order chi connectivity index (χ1) is 13.1. The Bertz CT molecular complexity index is 1410. The second kappa shape index (κ2) is 6.27. The minimum absolute atomic E-state index is 0.161. The molecule has 0 unspecified atom stereocenters. The first kappa shape index (κ1) is 16.6. The molecule has 3 heterocycles. The summed E-state index contributed by atoms with van der Waals surface area (Å²) in [5, 5.41) is 6.04. The van der Waals surface area contributed by atoms with Crippen LogP contribution in [-0.4, -0.2) is 14.6 Å². The van der Waals surface area contributed by atoms with E-state index in [1.54, 1.807) is 0 Å². The largest absolute Gasteiger partial charge is 0.291 e. The predicted octanol–water partition coefficient (Wildman–Crippen LogP) is 4.54. The summed E-state index contributed by atoms with van der Waals surface area (Å²) in [7, 11) is 0. The minimum Gasteiger partial charge on any atom is -0.266 e. The van der Waals surface area contributed by atoms with E-state index in [1.807, 2.05) is 61.5 Å². The van der Waals surface area contributed by atoms with Gasteiger partial charge in [-0.05, 0) is 24.6 Å². The molecule has 0 atom stereocenters. The number of aromatic nitrogens is 3. The molecule has 0 amide bonds. The fraction of sp³-hybridized carbons (Fsp3) is 0.0500. The third-order valence-corrected chi connectivity index (χ3v) is 6.93. The molecule has 0 aliphatic heterocycles. The molecule has 0 saturated carbocycles. The summed E-state index contributed by atoms with van der Waals surface area (Å²) in [4.78, 5) is 18.6. The van der Waals surface area contributed by atoms with Crippen molar-refractivity contribution in [2.75, 3.05) is 0 Å². The third kappa shape index (κ3) is 2.77. The second-order valence-electron chi connectivity index (χ2n) is 6.20. The van der Waals surface area contributed by atoms with Crippen molar-refractivity contribution in [3.05, 3.63) is 79.6 Å². The van der Waals surface area contributed by atoms with Gasteiger partial charge in [-0.2, -0.15) is 9.50 Å². The van der Waals surface area contributed by atoms with Gasteiger partial charge >= 0.3 is 0 Å². The Balaban J connectivity index is 1.64. The van der Waals surface area contributed by atoms with E-state index < -0.39 is 0 Å². The van der Waals surface area contributed by atoms with Crippen molar-refractivity contribution < 1.29 is 0 Å². The highest BCUT2D eigenvalue weighted by Crippen LogP contribution is 2.40. The predicted molar refractivity (Wildman–Crippen MR) is 113 cm³/mol. The number of thiazole rings is 1. The number of rotatable bonds is 2. The van der Waals surface area contributed by atoms with Gasteiger partial charge in [0.2, 0.25) is 4.96 Å². The van der Waals surface area contributed by atoms with Gasteiger partial charge in [-0.15, -0.1) is 16.4 Å². The quantitative estimate of drug-likeness (QED) is 0.430. The Morgan fingerprint density at radius 3 is 2.59 bits per heavy atom. The van der Waals surface area contributed by atoms with E-state index in [1.165, 1.54) is 32.8 Å². The maximum absolute atomic E-state index is 12.7. The highest BCUT2D eigenvalue weighted by Gasteiger charge is 2.18. The van der Waals surface area contributed by atoms with Gasteiger partial charge in [0.25, 0.3) is 5.56 Å². The molecule has 0 radical (unpaired) electrons. The van der Waals surface area contributed by atoms with Crippen LogP contribution in [0.15, 0.2) is 53.3 Å². The standard InChI is InChI=1S/C20H12ClN3OS2/c1-11-6-8-12(9-7-11)10-15-19(25)24-20(27-15)22-18(23-24)17-16(21)13-4-2-3-5-14(13)26-17/h2-10H,1H3.